The number of guanidine groups is 1. The number of hydrogen-bond donors (Lipinski definition) is 1. The summed E-state index contributed by atoms with van der Waals surface area (Å²) in [5.41, 5.74) is 6.66. The van der Waals surface area contributed by atoms with E-state index in [1.807, 2.05) is 37.2 Å². The van der Waals surface area contributed by atoms with Crippen LogP contribution in [0.25, 0.3) is 0 Å². The predicted octanol–water partition coefficient (Wildman–Crippen LogP) is 1.29. The molecule has 0 radical (unpaired) electrons. The summed E-state index contributed by atoms with van der Waals surface area (Å²) in [4.78, 5) is 9.70. The lowest BCUT2D eigenvalue weighted by Crippen LogP contribution is -2.16. The smallest absolute Gasteiger partial charge is 0.221 e. The maximum absolute atomic E-state index is 5.54. The van der Waals surface area contributed by atoms with E-state index in [9.17, 15) is 0 Å². The van der Waals surface area contributed by atoms with Gasteiger partial charge in [0.2, 0.25) is 5.96 Å². The summed E-state index contributed by atoms with van der Waals surface area (Å²) in [5.74, 6) is 1.01. The standard InChI is InChI=1S/C11H16N4/c1-13-11(12)14-10(15(2)3)9-7-5-4-6-8-9/h4-7H,1,8H2,2-3H3,(H2,12,14)/b10-9+. The average Bonchev–Trinajstić information content (AvgIpc) is 2.26. The van der Waals surface area contributed by atoms with E-state index in [4.69, 9.17) is 5.73 Å². The summed E-state index contributed by atoms with van der Waals surface area (Å²) in [6.45, 7) is 3.34. The quantitative estimate of drug-likeness (QED) is 0.544. The van der Waals surface area contributed by atoms with Crippen LogP contribution >= 0.6 is 0 Å². The maximum atomic E-state index is 5.54. The Balaban J connectivity index is 3.07. The van der Waals surface area contributed by atoms with Gasteiger partial charge in [0.05, 0.1) is 0 Å². The summed E-state index contributed by atoms with van der Waals surface area (Å²) >= 11 is 0. The lowest BCUT2D eigenvalue weighted by atomic mass is 10.1. The van der Waals surface area contributed by atoms with Gasteiger partial charge in [0, 0.05) is 14.1 Å². The maximum Gasteiger partial charge on any atom is 0.221 e. The number of nitrogens with zero attached hydrogens (tertiary/aromatic N) is 3. The number of hydrogen-bond acceptors (Lipinski definition) is 2. The minimum absolute atomic E-state index is 0.189. The molecule has 0 aliphatic heterocycles. The van der Waals surface area contributed by atoms with Crippen molar-refractivity contribution in [3.8, 4) is 0 Å². The van der Waals surface area contributed by atoms with Crippen molar-refractivity contribution in [2.45, 2.75) is 6.42 Å². The van der Waals surface area contributed by atoms with Gasteiger partial charge in [-0.05, 0) is 18.7 Å². The van der Waals surface area contributed by atoms with Gasteiger partial charge in [-0.25, -0.2) is 4.99 Å². The SMILES string of the molecule is C=N/C(N)=N\C(=C1\C=CC=CC1)N(C)C. The highest BCUT2D eigenvalue weighted by Crippen LogP contribution is 2.17. The predicted molar refractivity (Wildman–Crippen MR) is 64.8 cm³/mol. The Morgan fingerprint density at radius 2 is 2.20 bits per heavy atom. The molecule has 4 heteroatoms. The molecule has 0 atom stereocenters. The lowest BCUT2D eigenvalue weighted by molar-refractivity contribution is 0.500. The molecule has 15 heavy (non-hydrogen) atoms. The Morgan fingerprint density at radius 1 is 1.47 bits per heavy atom. The lowest BCUT2D eigenvalue weighted by Gasteiger charge is -2.17. The molecule has 0 aromatic heterocycles. The van der Waals surface area contributed by atoms with Crippen LogP contribution in [-0.4, -0.2) is 31.7 Å². The fourth-order valence-corrected chi connectivity index (χ4v) is 1.28. The van der Waals surface area contributed by atoms with Crippen molar-refractivity contribution < 1.29 is 0 Å². The molecule has 0 spiro atoms. The molecular formula is C11H16N4. The van der Waals surface area contributed by atoms with Gasteiger partial charge in [0.1, 0.15) is 5.82 Å². The van der Waals surface area contributed by atoms with Crippen molar-refractivity contribution in [3.63, 3.8) is 0 Å². The van der Waals surface area contributed by atoms with E-state index in [0.29, 0.717) is 0 Å². The van der Waals surface area contributed by atoms with Crippen molar-refractivity contribution in [1.82, 2.24) is 4.90 Å². The van der Waals surface area contributed by atoms with Gasteiger partial charge in [0.25, 0.3) is 0 Å². The molecule has 1 rings (SSSR count). The molecule has 4 nitrogen and oxygen atoms in total. The van der Waals surface area contributed by atoms with E-state index in [1.54, 1.807) is 0 Å². The van der Waals surface area contributed by atoms with Crippen LogP contribution in [0.2, 0.25) is 0 Å². The first-order valence-corrected chi connectivity index (χ1v) is 4.69. The third kappa shape index (κ3) is 3.09. The topological polar surface area (TPSA) is 54.0 Å². The zero-order valence-corrected chi connectivity index (χ0v) is 9.14. The van der Waals surface area contributed by atoms with Crippen LogP contribution in [0.15, 0.2) is 45.7 Å². The fraction of sp³-hybridized carbons (Fsp3) is 0.273. The summed E-state index contributed by atoms with van der Waals surface area (Å²) in [7, 11) is 3.85. The highest BCUT2D eigenvalue weighted by atomic mass is 15.2. The molecular weight excluding hydrogens is 188 g/mol. The number of rotatable bonds is 2. The van der Waals surface area contributed by atoms with Crippen LogP contribution < -0.4 is 5.73 Å². The van der Waals surface area contributed by atoms with Crippen LogP contribution in [-0.2, 0) is 0 Å². The van der Waals surface area contributed by atoms with Gasteiger partial charge in [-0.2, -0.15) is 4.99 Å². The highest BCUT2D eigenvalue weighted by Gasteiger charge is 2.06. The summed E-state index contributed by atoms with van der Waals surface area (Å²) < 4.78 is 0. The molecule has 80 valence electrons. The Bertz CT molecular complexity index is 359. The van der Waals surface area contributed by atoms with Gasteiger partial charge in [0.15, 0.2) is 0 Å². The monoisotopic (exact) mass is 204 g/mol. The van der Waals surface area contributed by atoms with Crippen molar-refractivity contribution in [2.24, 2.45) is 15.7 Å². The van der Waals surface area contributed by atoms with Crippen LogP contribution in [0, 0.1) is 0 Å². The zero-order chi connectivity index (χ0) is 11.3. The second kappa shape index (κ2) is 5.14. The van der Waals surface area contributed by atoms with Crippen LogP contribution in [0.4, 0.5) is 0 Å². The molecule has 0 aromatic rings. The van der Waals surface area contributed by atoms with E-state index >= 15 is 0 Å². The number of allylic oxidation sites excluding steroid dienone is 5. The molecule has 0 saturated heterocycles. The normalized spacial score (nSPS) is 18.9. The molecule has 0 saturated carbocycles. The molecule has 1 aliphatic rings. The van der Waals surface area contributed by atoms with Crippen LogP contribution in [0.5, 0.6) is 0 Å². The van der Waals surface area contributed by atoms with Gasteiger partial charge in [-0.3, -0.25) is 0 Å². The second-order valence-electron chi connectivity index (χ2n) is 3.36. The van der Waals surface area contributed by atoms with E-state index in [-0.39, 0.29) is 5.96 Å². The number of aliphatic imine (C=N–C) groups is 2. The third-order valence-corrected chi connectivity index (χ3v) is 1.98. The Labute approximate surface area is 90.2 Å². The summed E-state index contributed by atoms with van der Waals surface area (Å²) in [6, 6.07) is 0. The largest absolute Gasteiger partial charge is 0.368 e. The Kier molecular flexibility index (Phi) is 3.85. The van der Waals surface area contributed by atoms with Gasteiger partial charge >= 0.3 is 0 Å². The number of nitrogens with two attached hydrogens (primary N) is 1. The Morgan fingerprint density at radius 3 is 2.67 bits per heavy atom. The molecule has 0 aromatic carbocycles. The minimum Gasteiger partial charge on any atom is -0.368 e. The third-order valence-electron chi connectivity index (χ3n) is 1.98. The molecule has 1 aliphatic carbocycles. The second-order valence-corrected chi connectivity index (χ2v) is 3.36. The van der Waals surface area contributed by atoms with E-state index in [2.05, 4.69) is 22.8 Å². The molecule has 2 N–H and O–H groups in total. The van der Waals surface area contributed by atoms with E-state index < -0.39 is 0 Å². The molecule has 0 unspecified atom stereocenters. The van der Waals surface area contributed by atoms with Crippen molar-refractivity contribution >= 4 is 12.7 Å². The van der Waals surface area contributed by atoms with Crippen molar-refractivity contribution in [3.05, 3.63) is 35.7 Å². The molecule has 0 bridgehead atoms. The summed E-state index contributed by atoms with van der Waals surface area (Å²) in [5, 5.41) is 0. The van der Waals surface area contributed by atoms with Crippen molar-refractivity contribution in [2.75, 3.05) is 14.1 Å². The minimum atomic E-state index is 0.189. The zero-order valence-electron chi connectivity index (χ0n) is 9.14. The van der Waals surface area contributed by atoms with Crippen LogP contribution in [0.1, 0.15) is 6.42 Å². The van der Waals surface area contributed by atoms with Gasteiger partial charge in [-0.15, -0.1) is 0 Å². The van der Waals surface area contributed by atoms with Gasteiger partial charge < -0.3 is 10.6 Å². The molecule has 0 fully saturated rings. The Hall–Kier alpha value is -1.84. The van der Waals surface area contributed by atoms with Crippen molar-refractivity contribution in [1.29, 1.82) is 0 Å². The average molecular weight is 204 g/mol. The summed E-state index contributed by atoms with van der Waals surface area (Å²) in [6.07, 6.45) is 8.95. The first-order chi connectivity index (χ1) is 7.15. The first-order valence-electron chi connectivity index (χ1n) is 4.69. The first kappa shape index (κ1) is 11.2. The van der Waals surface area contributed by atoms with Gasteiger partial charge in [-0.1, -0.05) is 24.3 Å². The highest BCUT2D eigenvalue weighted by molar-refractivity contribution is 5.83. The molecule has 0 heterocycles. The molecule has 0 amide bonds. The van der Waals surface area contributed by atoms with E-state index in [0.717, 1.165) is 17.8 Å². The van der Waals surface area contributed by atoms with Crippen LogP contribution in [0.3, 0.4) is 0 Å². The van der Waals surface area contributed by atoms with E-state index in [1.165, 1.54) is 0 Å². The fourth-order valence-electron chi connectivity index (χ4n) is 1.28.